The van der Waals surface area contributed by atoms with Crippen molar-refractivity contribution in [1.29, 1.82) is 0 Å². The number of nitrogen functional groups attached to an aromatic ring is 2. The number of hydrogen-bond donors (Lipinski definition) is 2. The summed E-state index contributed by atoms with van der Waals surface area (Å²) in [5.41, 5.74) is 13.3. The Labute approximate surface area is 117 Å². The molecule has 6 heteroatoms. The predicted molar refractivity (Wildman–Crippen MR) is 79.3 cm³/mol. The van der Waals surface area contributed by atoms with Crippen LogP contribution in [0.4, 0.5) is 17.5 Å². The summed E-state index contributed by atoms with van der Waals surface area (Å²) in [4.78, 5) is 10.8. The summed E-state index contributed by atoms with van der Waals surface area (Å²) in [6, 6.07) is 7.60. The maximum Gasteiger partial charge on any atom is 0.133 e. The lowest BCUT2D eigenvalue weighted by atomic mass is 10.1. The van der Waals surface area contributed by atoms with Crippen LogP contribution in [0.1, 0.15) is 0 Å². The molecule has 0 radical (unpaired) electrons. The second-order valence-electron chi connectivity index (χ2n) is 4.67. The Morgan fingerprint density at radius 1 is 1.05 bits per heavy atom. The van der Waals surface area contributed by atoms with Crippen molar-refractivity contribution in [3.63, 3.8) is 0 Å². The van der Waals surface area contributed by atoms with Gasteiger partial charge >= 0.3 is 0 Å². The maximum absolute atomic E-state index is 5.89. The zero-order valence-corrected chi connectivity index (χ0v) is 11.1. The second kappa shape index (κ2) is 5.34. The molecule has 4 N–H and O–H groups in total. The fourth-order valence-corrected chi connectivity index (χ4v) is 2.26. The molecule has 20 heavy (non-hydrogen) atoms. The van der Waals surface area contributed by atoms with E-state index < -0.39 is 0 Å². The zero-order valence-electron chi connectivity index (χ0n) is 11.1. The summed E-state index contributed by atoms with van der Waals surface area (Å²) < 4.78 is 5.34. The Morgan fingerprint density at radius 3 is 2.50 bits per heavy atom. The molecule has 3 heterocycles. The van der Waals surface area contributed by atoms with Gasteiger partial charge in [-0.05, 0) is 24.3 Å². The molecule has 0 atom stereocenters. The molecule has 0 unspecified atom stereocenters. The van der Waals surface area contributed by atoms with E-state index in [0.717, 1.165) is 43.2 Å². The normalized spacial score (nSPS) is 15.3. The molecule has 2 aromatic rings. The largest absolute Gasteiger partial charge is 0.384 e. The molecule has 0 aromatic carbocycles. The number of anilines is 3. The fourth-order valence-electron chi connectivity index (χ4n) is 2.26. The Balaban J connectivity index is 1.85. The molecular weight excluding hydrogens is 254 g/mol. The van der Waals surface area contributed by atoms with Crippen molar-refractivity contribution >= 4 is 17.5 Å². The number of hydrogen-bond acceptors (Lipinski definition) is 6. The molecule has 0 bridgehead atoms. The predicted octanol–water partition coefficient (Wildman–Crippen LogP) is 1.14. The van der Waals surface area contributed by atoms with Gasteiger partial charge in [0.05, 0.1) is 13.2 Å². The van der Waals surface area contributed by atoms with Crippen molar-refractivity contribution in [3.05, 3.63) is 30.5 Å². The van der Waals surface area contributed by atoms with Crippen molar-refractivity contribution in [2.24, 2.45) is 0 Å². The quantitative estimate of drug-likeness (QED) is 0.851. The van der Waals surface area contributed by atoms with Gasteiger partial charge in [-0.15, -0.1) is 0 Å². The molecule has 1 aliphatic heterocycles. The Hall–Kier alpha value is -2.34. The van der Waals surface area contributed by atoms with Gasteiger partial charge < -0.3 is 21.1 Å². The lowest BCUT2D eigenvalue weighted by Crippen LogP contribution is -2.36. The molecule has 1 aliphatic rings. The molecule has 6 nitrogen and oxygen atoms in total. The number of pyridine rings is 2. The summed E-state index contributed by atoms with van der Waals surface area (Å²) in [5, 5.41) is 0. The molecule has 1 saturated heterocycles. The van der Waals surface area contributed by atoms with E-state index in [2.05, 4.69) is 14.9 Å². The summed E-state index contributed by atoms with van der Waals surface area (Å²) in [5.74, 6) is 1.80. The first-order valence-corrected chi connectivity index (χ1v) is 6.55. The van der Waals surface area contributed by atoms with E-state index >= 15 is 0 Å². The first-order chi connectivity index (χ1) is 9.74. The maximum atomic E-state index is 5.89. The first kappa shape index (κ1) is 12.7. The van der Waals surface area contributed by atoms with Gasteiger partial charge in [-0.25, -0.2) is 9.97 Å². The third-order valence-electron chi connectivity index (χ3n) is 3.34. The monoisotopic (exact) mass is 271 g/mol. The lowest BCUT2D eigenvalue weighted by Gasteiger charge is -2.27. The zero-order chi connectivity index (χ0) is 13.9. The van der Waals surface area contributed by atoms with Gasteiger partial charge in [-0.1, -0.05) is 0 Å². The van der Waals surface area contributed by atoms with E-state index in [1.54, 1.807) is 6.07 Å². The highest BCUT2D eigenvalue weighted by atomic mass is 16.5. The number of ether oxygens (including phenoxy) is 1. The van der Waals surface area contributed by atoms with Crippen LogP contribution in [0.15, 0.2) is 30.5 Å². The van der Waals surface area contributed by atoms with E-state index in [1.807, 2.05) is 24.4 Å². The number of morpholine rings is 1. The molecular formula is C14H17N5O. The second-order valence-corrected chi connectivity index (χ2v) is 4.67. The van der Waals surface area contributed by atoms with Crippen molar-refractivity contribution in [3.8, 4) is 11.1 Å². The Bertz CT molecular complexity index is 593. The highest BCUT2D eigenvalue weighted by Gasteiger charge is 2.12. The van der Waals surface area contributed by atoms with E-state index in [-0.39, 0.29) is 0 Å². The summed E-state index contributed by atoms with van der Waals surface area (Å²) in [6.07, 6.45) is 1.81. The molecule has 0 spiro atoms. The highest BCUT2D eigenvalue weighted by Crippen LogP contribution is 2.26. The van der Waals surface area contributed by atoms with Gasteiger partial charge in [0, 0.05) is 30.4 Å². The van der Waals surface area contributed by atoms with Crippen molar-refractivity contribution in [2.45, 2.75) is 0 Å². The molecule has 0 amide bonds. The number of aromatic nitrogens is 2. The highest BCUT2D eigenvalue weighted by molar-refractivity contribution is 5.74. The summed E-state index contributed by atoms with van der Waals surface area (Å²) in [6.45, 7) is 3.24. The Kier molecular flexibility index (Phi) is 3.39. The van der Waals surface area contributed by atoms with Gasteiger partial charge in [-0.2, -0.15) is 0 Å². The minimum Gasteiger partial charge on any atom is -0.384 e. The number of rotatable bonds is 2. The van der Waals surface area contributed by atoms with Crippen LogP contribution in [0.5, 0.6) is 0 Å². The van der Waals surface area contributed by atoms with Crippen LogP contribution in [-0.4, -0.2) is 36.3 Å². The smallest absolute Gasteiger partial charge is 0.133 e. The van der Waals surface area contributed by atoms with Gasteiger partial charge in [-0.3, -0.25) is 0 Å². The lowest BCUT2D eigenvalue weighted by molar-refractivity contribution is 0.122. The average molecular weight is 271 g/mol. The number of nitrogens with two attached hydrogens (primary N) is 2. The third-order valence-corrected chi connectivity index (χ3v) is 3.34. The van der Waals surface area contributed by atoms with Crippen LogP contribution in [0.3, 0.4) is 0 Å². The topological polar surface area (TPSA) is 90.3 Å². The van der Waals surface area contributed by atoms with Crippen LogP contribution in [0.25, 0.3) is 11.1 Å². The molecule has 0 saturated carbocycles. The minimum atomic E-state index is 0.421. The van der Waals surface area contributed by atoms with Crippen molar-refractivity contribution in [1.82, 2.24) is 9.97 Å². The van der Waals surface area contributed by atoms with Gasteiger partial charge in [0.2, 0.25) is 0 Å². The first-order valence-electron chi connectivity index (χ1n) is 6.55. The average Bonchev–Trinajstić information content (AvgIpc) is 2.48. The van der Waals surface area contributed by atoms with Gasteiger partial charge in [0.25, 0.3) is 0 Å². The van der Waals surface area contributed by atoms with Crippen LogP contribution >= 0.6 is 0 Å². The molecule has 0 aliphatic carbocycles. The fraction of sp³-hybridized carbons (Fsp3) is 0.286. The van der Waals surface area contributed by atoms with Crippen LogP contribution in [0.2, 0.25) is 0 Å². The minimum absolute atomic E-state index is 0.421. The van der Waals surface area contributed by atoms with Gasteiger partial charge in [0.15, 0.2) is 0 Å². The van der Waals surface area contributed by atoms with Crippen LogP contribution in [0, 0.1) is 0 Å². The van der Waals surface area contributed by atoms with E-state index in [1.165, 1.54) is 0 Å². The van der Waals surface area contributed by atoms with Gasteiger partial charge in [0.1, 0.15) is 17.5 Å². The standard InChI is InChI=1S/C14H17N5O/c15-12-3-2-11(14(16)18-12)10-1-4-13(17-9-10)19-5-7-20-8-6-19/h1-4,9H,5-8H2,(H4,15,16,18). The molecule has 2 aromatic heterocycles. The van der Waals surface area contributed by atoms with Crippen LogP contribution < -0.4 is 16.4 Å². The molecule has 1 fully saturated rings. The van der Waals surface area contributed by atoms with E-state index in [9.17, 15) is 0 Å². The van der Waals surface area contributed by atoms with Crippen molar-refractivity contribution in [2.75, 3.05) is 42.7 Å². The van der Waals surface area contributed by atoms with E-state index in [0.29, 0.717) is 11.6 Å². The summed E-state index contributed by atoms with van der Waals surface area (Å²) in [7, 11) is 0. The third kappa shape index (κ3) is 2.50. The number of nitrogens with zero attached hydrogens (tertiary/aromatic N) is 3. The van der Waals surface area contributed by atoms with E-state index in [4.69, 9.17) is 16.2 Å². The Morgan fingerprint density at radius 2 is 1.85 bits per heavy atom. The SMILES string of the molecule is Nc1ccc(-c2ccc(N3CCOCC3)nc2)c(N)n1. The van der Waals surface area contributed by atoms with Crippen LogP contribution in [-0.2, 0) is 4.74 Å². The molecule has 3 rings (SSSR count). The summed E-state index contributed by atoms with van der Waals surface area (Å²) >= 11 is 0. The van der Waals surface area contributed by atoms with Crippen molar-refractivity contribution < 1.29 is 4.74 Å². The molecule has 104 valence electrons.